The summed E-state index contributed by atoms with van der Waals surface area (Å²) >= 11 is 4.53. The molecule has 1 aromatic rings. The van der Waals surface area contributed by atoms with E-state index in [0.29, 0.717) is 0 Å². The Labute approximate surface area is 95.4 Å². The molecule has 1 heterocycles. The summed E-state index contributed by atoms with van der Waals surface area (Å²) in [5, 5.41) is 15.0. The highest BCUT2D eigenvalue weighted by Gasteiger charge is 2.15. The molecule has 9 nitrogen and oxygen atoms in total. The van der Waals surface area contributed by atoms with Crippen molar-refractivity contribution in [1.82, 2.24) is 25.5 Å². The topological polar surface area (TPSA) is 128 Å². The first kappa shape index (κ1) is 12.0. The van der Waals surface area contributed by atoms with Gasteiger partial charge in [-0.25, -0.2) is 0 Å². The number of amides is 2. The molecule has 0 aliphatic heterocycles. The number of aryl methyl sites for hydroxylation is 1. The molecule has 0 saturated carbocycles. The maximum Gasteiger partial charge on any atom is 0.316 e. The van der Waals surface area contributed by atoms with Crippen LogP contribution in [0.25, 0.3) is 0 Å². The summed E-state index contributed by atoms with van der Waals surface area (Å²) in [5.74, 6) is -1.84. The minimum Gasteiger partial charge on any atom is -0.392 e. The van der Waals surface area contributed by atoms with Crippen LogP contribution in [0.5, 0.6) is 0 Å². The first-order valence-corrected chi connectivity index (χ1v) is 4.51. The van der Waals surface area contributed by atoms with Crippen molar-refractivity contribution in [3.63, 3.8) is 0 Å². The fraction of sp³-hybridized carbons (Fsp3) is 0.333. The molecular weight excluding hydrogens is 234 g/mol. The van der Waals surface area contributed by atoms with Gasteiger partial charge in [0.05, 0.1) is 18.6 Å². The predicted molar refractivity (Wildman–Crippen MR) is 57.2 cm³/mol. The van der Waals surface area contributed by atoms with Crippen molar-refractivity contribution in [2.24, 2.45) is 12.8 Å². The Kier molecular flexibility index (Phi) is 3.83. The maximum absolute atomic E-state index is 11.2. The highest BCUT2D eigenvalue weighted by Crippen LogP contribution is 1.91. The normalized spacial score (nSPS) is 9.56. The van der Waals surface area contributed by atoms with Gasteiger partial charge in [-0.1, -0.05) is 17.3 Å². The van der Waals surface area contributed by atoms with E-state index in [9.17, 15) is 9.59 Å². The van der Waals surface area contributed by atoms with Crippen LogP contribution in [0.1, 0.15) is 0 Å². The number of anilines is 1. The Morgan fingerprint density at radius 1 is 1.50 bits per heavy atom. The number of nitrogens with one attached hydrogen (secondary N) is 2. The van der Waals surface area contributed by atoms with Crippen LogP contribution in [0, 0.1) is 0 Å². The summed E-state index contributed by atoms with van der Waals surface area (Å²) < 4.78 is 0. The minimum absolute atomic E-state index is 0.0461. The molecule has 0 aliphatic rings. The summed E-state index contributed by atoms with van der Waals surface area (Å²) in [5.41, 5.74) is 5.14. The van der Waals surface area contributed by atoms with Crippen molar-refractivity contribution < 1.29 is 9.59 Å². The predicted octanol–water partition coefficient (Wildman–Crippen LogP) is -2.45. The van der Waals surface area contributed by atoms with E-state index >= 15 is 0 Å². The second-order valence-electron chi connectivity index (χ2n) is 2.71. The van der Waals surface area contributed by atoms with Crippen LogP contribution in [-0.4, -0.2) is 43.6 Å². The molecule has 0 bridgehead atoms. The number of hydrogen-bond donors (Lipinski definition) is 3. The zero-order valence-corrected chi connectivity index (χ0v) is 9.11. The molecular formula is C6H9N7O2S. The van der Waals surface area contributed by atoms with E-state index in [-0.39, 0.29) is 17.5 Å². The lowest BCUT2D eigenvalue weighted by molar-refractivity contribution is -0.136. The molecule has 1 aromatic heterocycles. The SMILES string of the molecule is Cn1nnc(NC(=O)C(=O)NCC(N)=S)n1. The van der Waals surface area contributed by atoms with Crippen LogP contribution in [0.2, 0.25) is 0 Å². The lowest BCUT2D eigenvalue weighted by Gasteiger charge is -2.01. The van der Waals surface area contributed by atoms with E-state index in [1.807, 2.05) is 0 Å². The van der Waals surface area contributed by atoms with Crippen molar-refractivity contribution in [2.75, 3.05) is 11.9 Å². The number of thiocarbonyl (C=S) groups is 1. The van der Waals surface area contributed by atoms with Crippen LogP contribution in [-0.2, 0) is 16.6 Å². The van der Waals surface area contributed by atoms with Gasteiger partial charge in [-0.15, -0.1) is 5.10 Å². The molecule has 0 spiro atoms. The number of tetrazole rings is 1. The minimum atomic E-state index is -0.913. The van der Waals surface area contributed by atoms with Crippen molar-refractivity contribution in [2.45, 2.75) is 0 Å². The van der Waals surface area contributed by atoms with E-state index in [2.05, 4.69) is 38.3 Å². The second kappa shape index (κ2) is 5.11. The standard InChI is InChI=1S/C6H9N7O2S/c1-13-11-6(10-12-13)9-5(15)4(14)8-2-3(7)16/h2H2,1H3,(H2,7,16)(H,8,14)(H,9,11,15). The molecule has 0 atom stereocenters. The third-order valence-electron chi connectivity index (χ3n) is 1.36. The molecule has 0 unspecified atom stereocenters. The van der Waals surface area contributed by atoms with Gasteiger partial charge in [0, 0.05) is 0 Å². The Morgan fingerprint density at radius 3 is 2.69 bits per heavy atom. The van der Waals surface area contributed by atoms with Crippen molar-refractivity contribution >= 4 is 35.0 Å². The smallest absolute Gasteiger partial charge is 0.316 e. The van der Waals surface area contributed by atoms with Crippen molar-refractivity contribution in [3.05, 3.63) is 0 Å². The van der Waals surface area contributed by atoms with Crippen molar-refractivity contribution in [1.29, 1.82) is 0 Å². The van der Waals surface area contributed by atoms with Gasteiger partial charge in [0.1, 0.15) is 0 Å². The second-order valence-corrected chi connectivity index (χ2v) is 3.23. The zero-order valence-electron chi connectivity index (χ0n) is 8.30. The number of carbonyl (C=O) groups excluding carboxylic acids is 2. The molecule has 0 fully saturated rings. The molecule has 0 saturated heterocycles. The first-order chi connectivity index (χ1) is 7.49. The Hall–Kier alpha value is -2.10. The fourth-order valence-electron chi connectivity index (χ4n) is 0.740. The highest BCUT2D eigenvalue weighted by atomic mass is 32.1. The number of rotatable bonds is 3. The first-order valence-electron chi connectivity index (χ1n) is 4.10. The van der Waals surface area contributed by atoms with Crippen molar-refractivity contribution in [3.8, 4) is 0 Å². The molecule has 1 rings (SSSR count). The van der Waals surface area contributed by atoms with Crippen LogP contribution < -0.4 is 16.4 Å². The average molecular weight is 243 g/mol. The number of hydrogen-bond acceptors (Lipinski definition) is 6. The van der Waals surface area contributed by atoms with Gasteiger partial charge >= 0.3 is 11.8 Å². The molecule has 4 N–H and O–H groups in total. The van der Waals surface area contributed by atoms with Gasteiger partial charge in [-0.3, -0.25) is 14.9 Å². The van der Waals surface area contributed by atoms with Gasteiger partial charge in [0.2, 0.25) is 0 Å². The summed E-state index contributed by atoms with van der Waals surface area (Å²) in [6, 6.07) is 0. The maximum atomic E-state index is 11.2. The zero-order chi connectivity index (χ0) is 12.1. The summed E-state index contributed by atoms with van der Waals surface area (Å²) in [4.78, 5) is 23.6. The average Bonchev–Trinajstić information content (AvgIpc) is 2.60. The number of nitrogens with zero attached hydrogens (tertiary/aromatic N) is 4. The number of nitrogens with two attached hydrogens (primary N) is 1. The molecule has 0 aliphatic carbocycles. The largest absolute Gasteiger partial charge is 0.392 e. The van der Waals surface area contributed by atoms with E-state index in [1.165, 1.54) is 7.05 Å². The van der Waals surface area contributed by atoms with E-state index in [0.717, 1.165) is 4.80 Å². The lowest BCUT2D eigenvalue weighted by atomic mass is 10.5. The molecule has 0 aromatic carbocycles. The van der Waals surface area contributed by atoms with Gasteiger partial charge < -0.3 is 11.1 Å². The third-order valence-corrected chi connectivity index (χ3v) is 1.51. The van der Waals surface area contributed by atoms with Gasteiger partial charge in [-0.05, 0) is 5.21 Å². The van der Waals surface area contributed by atoms with Gasteiger partial charge in [-0.2, -0.15) is 4.80 Å². The highest BCUT2D eigenvalue weighted by molar-refractivity contribution is 7.80. The summed E-state index contributed by atoms with van der Waals surface area (Å²) in [6.07, 6.45) is 0. The molecule has 10 heteroatoms. The van der Waals surface area contributed by atoms with Crippen LogP contribution in [0.4, 0.5) is 5.95 Å². The number of carbonyl (C=O) groups is 2. The quantitative estimate of drug-likeness (QED) is 0.397. The van der Waals surface area contributed by atoms with Gasteiger partial charge in [0.15, 0.2) is 0 Å². The summed E-state index contributed by atoms with van der Waals surface area (Å²) in [7, 11) is 1.52. The lowest BCUT2D eigenvalue weighted by Crippen LogP contribution is -2.39. The van der Waals surface area contributed by atoms with E-state index < -0.39 is 11.8 Å². The molecule has 86 valence electrons. The molecule has 2 amide bonds. The van der Waals surface area contributed by atoms with Crippen LogP contribution in [0.3, 0.4) is 0 Å². The van der Waals surface area contributed by atoms with Gasteiger partial charge in [0.25, 0.3) is 5.95 Å². The summed E-state index contributed by atoms with van der Waals surface area (Å²) in [6.45, 7) is -0.0461. The number of aromatic nitrogens is 4. The van der Waals surface area contributed by atoms with Crippen LogP contribution in [0.15, 0.2) is 0 Å². The third kappa shape index (κ3) is 3.57. The molecule has 0 radical (unpaired) electrons. The van der Waals surface area contributed by atoms with E-state index in [4.69, 9.17) is 5.73 Å². The molecule has 16 heavy (non-hydrogen) atoms. The van der Waals surface area contributed by atoms with E-state index in [1.54, 1.807) is 0 Å². The Bertz CT molecular complexity index is 428. The Morgan fingerprint density at radius 2 is 2.19 bits per heavy atom. The fourth-order valence-corrected chi connectivity index (χ4v) is 0.812. The van der Waals surface area contributed by atoms with Crippen LogP contribution >= 0.6 is 12.2 Å². The Balaban J connectivity index is 2.46. The monoisotopic (exact) mass is 243 g/mol.